The highest BCUT2D eigenvalue weighted by Gasteiger charge is 2.04. The van der Waals surface area contributed by atoms with Crippen LogP contribution in [0.1, 0.15) is 5.69 Å². The smallest absolute Gasteiger partial charge is 0.158 e. The van der Waals surface area contributed by atoms with Gasteiger partial charge in [0.25, 0.3) is 0 Å². The summed E-state index contributed by atoms with van der Waals surface area (Å²) in [6.45, 7) is 1.82. The molecule has 0 fully saturated rings. The molecule has 72 valence electrons. The number of nitrogen functional groups attached to an aromatic ring is 1. The second-order valence-electron chi connectivity index (χ2n) is 2.81. The van der Waals surface area contributed by atoms with Crippen molar-refractivity contribution in [3.63, 3.8) is 0 Å². The van der Waals surface area contributed by atoms with Gasteiger partial charge in [-0.15, -0.1) is 0 Å². The Balaban J connectivity index is 2.49. The Bertz CT molecular complexity index is 445. The number of halogens is 1. The van der Waals surface area contributed by atoms with Crippen LogP contribution >= 0.6 is 11.6 Å². The van der Waals surface area contributed by atoms with Gasteiger partial charge < -0.3 is 5.73 Å². The fourth-order valence-electron chi connectivity index (χ4n) is 1.04. The third-order valence-electron chi connectivity index (χ3n) is 1.75. The van der Waals surface area contributed by atoms with Crippen molar-refractivity contribution in [1.82, 2.24) is 19.7 Å². The summed E-state index contributed by atoms with van der Waals surface area (Å²) >= 11 is 5.86. The topological polar surface area (TPSA) is 69.6 Å². The second-order valence-corrected chi connectivity index (χ2v) is 3.22. The maximum atomic E-state index is 5.86. The third kappa shape index (κ3) is 1.54. The number of anilines is 1. The number of nitrogens with zero attached hydrogens (tertiary/aromatic N) is 4. The Morgan fingerprint density at radius 3 is 2.79 bits per heavy atom. The van der Waals surface area contributed by atoms with Gasteiger partial charge in [0.1, 0.15) is 12.1 Å². The minimum absolute atomic E-state index is 0.402. The van der Waals surface area contributed by atoms with Crippen LogP contribution in [0.25, 0.3) is 5.82 Å². The standard InChI is InChI=1S/C8H8ClN5/c1-5-6(9)3-14(13-5)8-2-7(10)11-4-12-8/h2-4H,1H3,(H2,10,11,12). The fourth-order valence-corrected chi connectivity index (χ4v) is 1.17. The lowest BCUT2D eigenvalue weighted by molar-refractivity contribution is 0.827. The van der Waals surface area contributed by atoms with Gasteiger partial charge in [0.2, 0.25) is 0 Å². The number of aromatic nitrogens is 4. The fraction of sp³-hybridized carbons (Fsp3) is 0.125. The number of aryl methyl sites for hydroxylation is 1. The van der Waals surface area contributed by atoms with Gasteiger partial charge >= 0.3 is 0 Å². The van der Waals surface area contributed by atoms with Crippen molar-refractivity contribution in [2.75, 3.05) is 5.73 Å². The molecule has 0 aliphatic heterocycles. The summed E-state index contributed by atoms with van der Waals surface area (Å²) in [5.74, 6) is 1.01. The van der Waals surface area contributed by atoms with E-state index in [2.05, 4.69) is 15.1 Å². The predicted octanol–water partition coefficient (Wildman–Crippen LogP) is 1.21. The van der Waals surface area contributed by atoms with Crippen LogP contribution in [0, 0.1) is 6.92 Å². The molecule has 0 unspecified atom stereocenters. The quantitative estimate of drug-likeness (QED) is 0.767. The molecule has 2 N–H and O–H groups in total. The van der Waals surface area contributed by atoms with Crippen LogP contribution in [0.15, 0.2) is 18.6 Å². The highest BCUT2D eigenvalue weighted by atomic mass is 35.5. The van der Waals surface area contributed by atoms with Crippen molar-refractivity contribution in [3.05, 3.63) is 29.3 Å². The molecular weight excluding hydrogens is 202 g/mol. The first kappa shape index (κ1) is 8.96. The highest BCUT2D eigenvalue weighted by molar-refractivity contribution is 6.31. The zero-order chi connectivity index (χ0) is 10.1. The molecule has 6 heteroatoms. The first-order valence-corrected chi connectivity index (χ1v) is 4.34. The maximum Gasteiger partial charge on any atom is 0.158 e. The Labute approximate surface area is 85.5 Å². The van der Waals surface area contributed by atoms with Crippen molar-refractivity contribution in [2.24, 2.45) is 0 Å². The maximum absolute atomic E-state index is 5.86. The van der Waals surface area contributed by atoms with E-state index in [1.807, 2.05) is 6.92 Å². The molecule has 0 saturated carbocycles. The van der Waals surface area contributed by atoms with Crippen LogP contribution < -0.4 is 5.73 Å². The van der Waals surface area contributed by atoms with Gasteiger partial charge in [-0.3, -0.25) is 0 Å². The average Bonchev–Trinajstić information content (AvgIpc) is 2.47. The Kier molecular flexibility index (Phi) is 2.09. The molecule has 0 spiro atoms. The third-order valence-corrected chi connectivity index (χ3v) is 2.12. The number of nitrogens with two attached hydrogens (primary N) is 1. The van der Waals surface area contributed by atoms with E-state index in [4.69, 9.17) is 17.3 Å². The molecule has 0 aromatic carbocycles. The number of hydrogen-bond acceptors (Lipinski definition) is 4. The summed E-state index contributed by atoms with van der Waals surface area (Å²) in [5, 5.41) is 4.76. The van der Waals surface area contributed by atoms with Crippen molar-refractivity contribution in [3.8, 4) is 5.82 Å². The molecule has 0 amide bonds. The Morgan fingerprint density at radius 2 is 2.21 bits per heavy atom. The average molecular weight is 210 g/mol. The molecule has 2 rings (SSSR count). The molecule has 0 saturated heterocycles. The SMILES string of the molecule is Cc1nn(-c2cc(N)ncn2)cc1Cl. The van der Waals surface area contributed by atoms with Crippen LogP contribution in [-0.4, -0.2) is 19.7 Å². The molecule has 2 aromatic heterocycles. The van der Waals surface area contributed by atoms with Gasteiger partial charge in [0.15, 0.2) is 5.82 Å². The lowest BCUT2D eigenvalue weighted by Gasteiger charge is -1.99. The normalized spacial score (nSPS) is 10.4. The Morgan fingerprint density at radius 1 is 1.43 bits per heavy atom. The van der Waals surface area contributed by atoms with E-state index >= 15 is 0 Å². The zero-order valence-corrected chi connectivity index (χ0v) is 8.23. The summed E-state index contributed by atoms with van der Waals surface area (Å²) in [5.41, 5.74) is 6.27. The molecule has 2 aromatic rings. The first-order chi connectivity index (χ1) is 6.66. The minimum atomic E-state index is 0.402. The van der Waals surface area contributed by atoms with Gasteiger partial charge in [0.05, 0.1) is 16.9 Å². The predicted molar refractivity (Wildman–Crippen MR) is 53.3 cm³/mol. The molecule has 0 bridgehead atoms. The van der Waals surface area contributed by atoms with E-state index in [1.165, 1.54) is 6.33 Å². The summed E-state index contributed by atoms with van der Waals surface area (Å²) in [4.78, 5) is 7.80. The van der Waals surface area contributed by atoms with Crippen molar-refractivity contribution in [2.45, 2.75) is 6.92 Å². The molecule has 5 nitrogen and oxygen atoms in total. The van der Waals surface area contributed by atoms with Crippen LogP contribution in [-0.2, 0) is 0 Å². The van der Waals surface area contributed by atoms with Crippen molar-refractivity contribution < 1.29 is 0 Å². The molecule has 0 aliphatic rings. The lowest BCUT2D eigenvalue weighted by atomic mass is 10.5. The van der Waals surface area contributed by atoms with E-state index in [0.717, 1.165) is 5.69 Å². The minimum Gasteiger partial charge on any atom is -0.384 e. The van der Waals surface area contributed by atoms with Gasteiger partial charge in [-0.25, -0.2) is 14.6 Å². The summed E-state index contributed by atoms with van der Waals surface area (Å²) < 4.78 is 1.57. The first-order valence-electron chi connectivity index (χ1n) is 3.96. The van der Waals surface area contributed by atoms with Crippen LogP contribution in [0.2, 0.25) is 5.02 Å². The van der Waals surface area contributed by atoms with E-state index in [0.29, 0.717) is 16.7 Å². The lowest BCUT2D eigenvalue weighted by Crippen LogP contribution is -2.00. The van der Waals surface area contributed by atoms with Crippen molar-refractivity contribution in [1.29, 1.82) is 0 Å². The van der Waals surface area contributed by atoms with E-state index in [1.54, 1.807) is 16.9 Å². The van der Waals surface area contributed by atoms with E-state index < -0.39 is 0 Å². The van der Waals surface area contributed by atoms with Crippen LogP contribution in [0.5, 0.6) is 0 Å². The molecule has 0 radical (unpaired) electrons. The molecular formula is C8H8ClN5. The Hall–Kier alpha value is -1.62. The zero-order valence-electron chi connectivity index (χ0n) is 7.48. The van der Waals surface area contributed by atoms with E-state index in [9.17, 15) is 0 Å². The van der Waals surface area contributed by atoms with E-state index in [-0.39, 0.29) is 0 Å². The van der Waals surface area contributed by atoms with Crippen LogP contribution in [0.4, 0.5) is 5.82 Å². The summed E-state index contributed by atoms with van der Waals surface area (Å²) in [6.07, 6.45) is 3.06. The number of rotatable bonds is 1. The largest absolute Gasteiger partial charge is 0.384 e. The molecule has 14 heavy (non-hydrogen) atoms. The highest BCUT2D eigenvalue weighted by Crippen LogP contribution is 2.15. The van der Waals surface area contributed by atoms with Gasteiger partial charge in [-0.2, -0.15) is 5.10 Å². The molecule has 0 atom stereocenters. The van der Waals surface area contributed by atoms with Crippen molar-refractivity contribution >= 4 is 17.4 Å². The van der Waals surface area contributed by atoms with Crippen LogP contribution in [0.3, 0.4) is 0 Å². The molecule has 0 aliphatic carbocycles. The van der Waals surface area contributed by atoms with Gasteiger partial charge in [-0.05, 0) is 6.92 Å². The van der Waals surface area contributed by atoms with Gasteiger partial charge in [0, 0.05) is 6.07 Å². The molecule has 2 heterocycles. The summed E-state index contributed by atoms with van der Waals surface area (Å²) in [7, 11) is 0. The monoisotopic (exact) mass is 209 g/mol. The second kappa shape index (κ2) is 3.26. The van der Waals surface area contributed by atoms with Gasteiger partial charge in [-0.1, -0.05) is 11.6 Å². The number of hydrogen-bond donors (Lipinski definition) is 1. The summed E-state index contributed by atoms with van der Waals surface area (Å²) in [6, 6.07) is 1.63.